The average Bonchev–Trinajstić information content (AvgIpc) is 3.16. The number of carbonyl (C=O) groups is 3. The monoisotopic (exact) mass is 474 g/mol. The Morgan fingerprint density at radius 3 is 2.52 bits per heavy atom. The third kappa shape index (κ3) is 5.65. The van der Waals surface area contributed by atoms with Crippen LogP contribution in [-0.4, -0.2) is 60.8 Å². The first-order valence-corrected chi connectivity index (χ1v) is 11.8. The Morgan fingerprint density at radius 1 is 1.12 bits per heavy atom. The molecule has 0 saturated carbocycles. The van der Waals surface area contributed by atoms with E-state index in [2.05, 4.69) is 5.32 Å². The summed E-state index contributed by atoms with van der Waals surface area (Å²) in [6.07, 6.45) is -1.17. The molecule has 1 aliphatic rings. The fraction of sp³-hybridized carbons (Fsp3) is 0.348. The second kappa shape index (κ2) is 9.82. The van der Waals surface area contributed by atoms with Gasteiger partial charge in [0.1, 0.15) is 6.04 Å². The van der Waals surface area contributed by atoms with E-state index in [1.54, 1.807) is 31.2 Å². The SMILES string of the molecule is CC(=O)c1cccc(NC(=O)COC(=O)C2CC(O)CN2S(=O)(=O)c2ccc(C)c(C)c2)c1. The lowest BCUT2D eigenvalue weighted by Gasteiger charge is -2.22. The van der Waals surface area contributed by atoms with Crippen molar-refractivity contribution in [1.82, 2.24) is 4.31 Å². The number of ketones is 1. The molecule has 2 atom stereocenters. The Morgan fingerprint density at radius 2 is 1.85 bits per heavy atom. The summed E-state index contributed by atoms with van der Waals surface area (Å²) in [5.74, 6) is -1.74. The van der Waals surface area contributed by atoms with E-state index in [-0.39, 0.29) is 23.6 Å². The summed E-state index contributed by atoms with van der Waals surface area (Å²) >= 11 is 0. The van der Waals surface area contributed by atoms with E-state index in [4.69, 9.17) is 4.74 Å². The lowest BCUT2D eigenvalue weighted by atomic mass is 10.1. The highest BCUT2D eigenvalue weighted by atomic mass is 32.2. The number of ether oxygens (including phenoxy) is 1. The summed E-state index contributed by atoms with van der Waals surface area (Å²) < 4.78 is 32.2. The normalized spacial score (nSPS) is 18.7. The molecule has 176 valence electrons. The van der Waals surface area contributed by atoms with Crippen molar-refractivity contribution in [3.8, 4) is 0 Å². The standard InChI is InChI=1S/C23H26N2O7S/c1-14-7-8-20(9-15(14)2)33(30,31)25-12-19(27)11-21(25)23(29)32-13-22(28)24-18-6-4-5-17(10-18)16(3)26/h4-10,19,21,27H,11-13H2,1-3H3,(H,24,28). The zero-order chi connectivity index (χ0) is 24.3. The number of aliphatic hydroxyl groups excluding tert-OH is 1. The van der Waals surface area contributed by atoms with Crippen molar-refractivity contribution in [1.29, 1.82) is 0 Å². The minimum atomic E-state index is -4.07. The third-order valence-electron chi connectivity index (χ3n) is 5.49. The van der Waals surface area contributed by atoms with Crippen LogP contribution in [0, 0.1) is 13.8 Å². The second-order valence-electron chi connectivity index (χ2n) is 8.02. The van der Waals surface area contributed by atoms with Gasteiger partial charge in [0.15, 0.2) is 12.4 Å². The molecule has 1 fully saturated rings. The van der Waals surface area contributed by atoms with Gasteiger partial charge in [0.2, 0.25) is 10.0 Å². The maximum absolute atomic E-state index is 13.1. The highest BCUT2D eigenvalue weighted by Crippen LogP contribution is 2.28. The van der Waals surface area contributed by atoms with E-state index in [1.807, 2.05) is 6.92 Å². The Hall–Kier alpha value is -3.08. The van der Waals surface area contributed by atoms with Gasteiger partial charge in [0.25, 0.3) is 5.91 Å². The van der Waals surface area contributed by atoms with Crippen LogP contribution in [0.1, 0.15) is 34.8 Å². The lowest BCUT2D eigenvalue weighted by Crippen LogP contribution is -2.42. The van der Waals surface area contributed by atoms with Crippen LogP contribution >= 0.6 is 0 Å². The Balaban J connectivity index is 1.68. The third-order valence-corrected chi connectivity index (χ3v) is 7.36. The smallest absolute Gasteiger partial charge is 0.325 e. The lowest BCUT2D eigenvalue weighted by molar-refractivity contribution is -0.150. The summed E-state index contributed by atoms with van der Waals surface area (Å²) in [4.78, 5) is 36.3. The van der Waals surface area contributed by atoms with Crippen molar-refractivity contribution in [2.75, 3.05) is 18.5 Å². The van der Waals surface area contributed by atoms with Gasteiger partial charge in [-0.2, -0.15) is 4.31 Å². The van der Waals surface area contributed by atoms with Gasteiger partial charge in [-0.15, -0.1) is 0 Å². The van der Waals surface area contributed by atoms with Crippen LogP contribution in [0.2, 0.25) is 0 Å². The van der Waals surface area contributed by atoms with Gasteiger partial charge in [-0.25, -0.2) is 8.42 Å². The van der Waals surface area contributed by atoms with Crippen molar-refractivity contribution < 1.29 is 32.6 Å². The molecule has 0 radical (unpaired) electrons. The number of nitrogens with zero attached hydrogens (tertiary/aromatic N) is 1. The van der Waals surface area contributed by atoms with Crippen molar-refractivity contribution in [3.63, 3.8) is 0 Å². The molecular formula is C23H26N2O7S. The molecule has 0 aromatic heterocycles. The molecule has 1 aliphatic heterocycles. The van der Waals surface area contributed by atoms with Gasteiger partial charge in [0.05, 0.1) is 11.0 Å². The molecule has 33 heavy (non-hydrogen) atoms. The molecule has 10 heteroatoms. The first kappa shape index (κ1) is 24.6. The number of nitrogens with one attached hydrogen (secondary N) is 1. The first-order chi connectivity index (χ1) is 15.5. The van der Waals surface area contributed by atoms with Gasteiger partial charge in [-0.05, 0) is 56.2 Å². The Kier molecular flexibility index (Phi) is 7.31. The second-order valence-corrected chi connectivity index (χ2v) is 9.91. The van der Waals surface area contributed by atoms with Crippen LogP contribution < -0.4 is 5.32 Å². The van der Waals surface area contributed by atoms with E-state index in [9.17, 15) is 27.9 Å². The molecule has 2 aromatic rings. The van der Waals surface area contributed by atoms with Crippen LogP contribution in [0.15, 0.2) is 47.4 Å². The van der Waals surface area contributed by atoms with E-state index < -0.39 is 40.7 Å². The average molecular weight is 475 g/mol. The van der Waals surface area contributed by atoms with Gasteiger partial charge < -0.3 is 15.2 Å². The van der Waals surface area contributed by atoms with E-state index in [0.717, 1.165) is 15.4 Å². The summed E-state index contributed by atoms with van der Waals surface area (Å²) in [6, 6.07) is 9.67. The van der Waals surface area contributed by atoms with Gasteiger partial charge in [0, 0.05) is 24.2 Å². The number of carbonyl (C=O) groups excluding carboxylic acids is 3. The highest BCUT2D eigenvalue weighted by Gasteiger charge is 2.44. The topological polar surface area (TPSA) is 130 Å². The number of hydrogen-bond donors (Lipinski definition) is 2. The molecule has 2 aromatic carbocycles. The maximum atomic E-state index is 13.1. The molecule has 1 saturated heterocycles. The number of amides is 1. The molecule has 1 heterocycles. The number of benzene rings is 2. The van der Waals surface area contributed by atoms with E-state index in [0.29, 0.717) is 11.3 Å². The number of aryl methyl sites for hydroxylation is 2. The Labute approximate surface area is 192 Å². The van der Waals surface area contributed by atoms with Crippen LogP contribution in [0.5, 0.6) is 0 Å². The fourth-order valence-corrected chi connectivity index (χ4v) is 5.23. The predicted octanol–water partition coefficient (Wildman–Crippen LogP) is 1.81. The first-order valence-electron chi connectivity index (χ1n) is 10.3. The molecule has 0 aliphatic carbocycles. The van der Waals surface area contributed by atoms with Crippen LogP contribution in [0.4, 0.5) is 5.69 Å². The molecule has 3 rings (SSSR count). The van der Waals surface area contributed by atoms with Crippen LogP contribution in [0.3, 0.4) is 0 Å². The molecule has 9 nitrogen and oxygen atoms in total. The Bertz CT molecular complexity index is 1190. The van der Waals surface area contributed by atoms with Gasteiger partial charge >= 0.3 is 5.97 Å². The molecule has 0 spiro atoms. The number of esters is 1. The number of β-amino-alcohol motifs (C(OH)–C–C–N with tert-alkyl or cyclic N) is 1. The highest BCUT2D eigenvalue weighted by molar-refractivity contribution is 7.89. The number of hydrogen-bond acceptors (Lipinski definition) is 7. The number of rotatable bonds is 7. The minimum Gasteiger partial charge on any atom is -0.454 e. The molecule has 2 unspecified atom stereocenters. The largest absolute Gasteiger partial charge is 0.454 e. The number of anilines is 1. The van der Waals surface area contributed by atoms with Gasteiger partial charge in [-0.1, -0.05) is 18.2 Å². The van der Waals surface area contributed by atoms with E-state index >= 15 is 0 Å². The van der Waals surface area contributed by atoms with Crippen molar-refractivity contribution in [3.05, 3.63) is 59.2 Å². The van der Waals surface area contributed by atoms with Crippen molar-refractivity contribution in [2.45, 2.75) is 44.2 Å². The summed E-state index contributed by atoms with van der Waals surface area (Å²) in [7, 11) is -4.07. The number of aliphatic hydroxyl groups is 1. The zero-order valence-corrected chi connectivity index (χ0v) is 19.4. The molecule has 0 bridgehead atoms. The van der Waals surface area contributed by atoms with Gasteiger partial charge in [-0.3, -0.25) is 14.4 Å². The fourth-order valence-electron chi connectivity index (χ4n) is 3.52. The number of Topliss-reactive ketones (excluding diaryl/α,β-unsaturated/α-hetero) is 1. The summed E-state index contributed by atoms with van der Waals surface area (Å²) in [5, 5.41) is 12.6. The molecule has 2 N–H and O–H groups in total. The van der Waals surface area contributed by atoms with Crippen LogP contribution in [-0.2, 0) is 24.3 Å². The predicted molar refractivity (Wildman–Crippen MR) is 120 cm³/mol. The van der Waals surface area contributed by atoms with Crippen molar-refractivity contribution in [2.24, 2.45) is 0 Å². The summed E-state index contributed by atoms with van der Waals surface area (Å²) in [5.41, 5.74) is 2.47. The maximum Gasteiger partial charge on any atom is 0.325 e. The molecule has 1 amide bonds. The van der Waals surface area contributed by atoms with E-state index in [1.165, 1.54) is 25.1 Å². The quantitative estimate of drug-likeness (QED) is 0.462. The van der Waals surface area contributed by atoms with Crippen molar-refractivity contribution >= 4 is 33.4 Å². The molecular weight excluding hydrogens is 448 g/mol. The zero-order valence-electron chi connectivity index (χ0n) is 18.6. The summed E-state index contributed by atoms with van der Waals surface area (Å²) in [6.45, 7) is 4.14. The van der Waals surface area contributed by atoms with Crippen LogP contribution in [0.25, 0.3) is 0 Å². The number of sulfonamides is 1. The minimum absolute atomic E-state index is 0.0144.